The second-order valence-corrected chi connectivity index (χ2v) is 5.33. The van der Waals surface area contributed by atoms with E-state index in [1.807, 2.05) is 0 Å². The van der Waals surface area contributed by atoms with Crippen LogP contribution < -0.4 is 10.6 Å². The highest BCUT2D eigenvalue weighted by Gasteiger charge is 2.47. The van der Waals surface area contributed by atoms with Gasteiger partial charge in [-0.2, -0.15) is 0 Å². The van der Waals surface area contributed by atoms with E-state index in [1.54, 1.807) is 31.2 Å². The van der Waals surface area contributed by atoms with Crippen molar-refractivity contribution in [3.05, 3.63) is 29.3 Å². The number of hydrogen-bond donors (Lipinski definition) is 3. The molecule has 1 fully saturated rings. The highest BCUT2D eigenvalue weighted by molar-refractivity contribution is 6.30. The Morgan fingerprint density at radius 3 is 2.65 bits per heavy atom. The number of amides is 2. The third kappa shape index (κ3) is 3.02. The Morgan fingerprint density at radius 1 is 1.40 bits per heavy atom. The number of aliphatic carboxylic acids is 1. The number of nitrogens with one attached hydrogen (secondary N) is 2. The fourth-order valence-electron chi connectivity index (χ4n) is 1.94. The standard InChI is InChI=1S/C13H15ClN2O4/c1-13(11(17)18)7-20-6-10(13)16-12(19)15-9-4-2-8(14)3-5-9/h2-5,10H,6-7H2,1H3,(H,17,18)(H2,15,16,19). The van der Waals surface area contributed by atoms with Crippen molar-refractivity contribution in [3.8, 4) is 0 Å². The maximum atomic E-state index is 11.9. The summed E-state index contributed by atoms with van der Waals surface area (Å²) < 4.78 is 5.16. The smallest absolute Gasteiger partial charge is 0.319 e. The van der Waals surface area contributed by atoms with Gasteiger partial charge >= 0.3 is 12.0 Å². The van der Waals surface area contributed by atoms with Gasteiger partial charge in [0.1, 0.15) is 5.41 Å². The molecule has 0 radical (unpaired) electrons. The minimum absolute atomic E-state index is 0.0776. The van der Waals surface area contributed by atoms with Gasteiger partial charge < -0.3 is 20.5 Å². The van der Waals surface area contributed by atoms with Gasteiger partial charge in [0.15, 0.2) is 0 Å². The van der Waals surface area contributed by atoms with Gasteiger partial charge in [-0.15, -0.1) is 0 Å². The Hall–Kier alpha value is -1.79. The molecule has 2 atom stereocenters. The zero-order chi connectivity index (χ0) is 14.8. The lowest BCUT2D eigenvalue weighted by molar-refractivity contribution is -0.148. The van der Waals surface area contributed by atoms with Gasteiger partial charge in [-0.1, -0.05) is 11.6 Å². The van der Waals surface area contributed by atoms with Crippen molar-refractivity contribution in [2.75, 3.05) is 18.5 Å². The molecule has 2 amide bonds. The number of urea groups is 1. The third-order valence-corrected chi connectivity index (χ3v) is 3.60. The monoisotopic (exact) mass is 298 g/mol. The van der Waals surface area contributed by atoms with Crippen LogP contribution in [0, 0.1) is 5.41 Å². The first-order valence-corrected chi connectivity index (χ1v) is 6.44. The van der Waals surface area contributed by atoms with Gasteiger partial charge in [0.25, 0.3) is 0 Å². The summed E-state index contributed by atoms with van der Waals surface area (Å²) in [4.78, 5) is 23.1. The molecule has 3 N–H and O–H groups in total. The van der Waals surface area contributed by atoms with Crippen molar-refractivity contribution >= 4 is 29.3 Å². The molecule has 1 heterocycles. The summed E-state index contributed by atoms with van der Waals surface area (Å²) in [6.45, 7) is 1.81. The number of anilines is 1. The molecular weight excluding hydrogens is 284 g/mol. The predicted molar refractivity (Wildman–Crippen MR) is 74.0 cm³/mol. The van der Waals surface area contributed by atoms with E-state index in [2.05, 4.69) is 10.6 Å². The number of hydrogen-bond acceptors (Lipinski definition) is 3. The summed E-state index contributed by atoms with van der Waals surface area (Å²) in [7, 11) is 0. The highest BCUT2D eigenvalue weighted by Crippen LogP contribution is 2.28. The maximum Gasteiger partial charge on any atom is 0.319 e. The number of benzene rings is 1. The SMILES string of the molecule is CC1(C(=O)O)COCC1NC(=O)Nc1ccc(Cl)cc1. The molecule has 0 saturated carbocycles. The van der Waals surface area contributed by atoms with Crippen molar-refractivity contribution in [1.82, 2.24) is 5.32 Å². The van der Waals surface area contributed by atoms with Crippen molar-refractivity contribution in [3.63, 3.8) is 0 Å². The maximum absolute atomic E-state index is 11.9. The van der Waals surface area contributed by atoms with E-state index in [-0.39, 0.29) is 13.2 Å². The van der Waals surface area contributed by atoms with E-state index in [9.17, 15) is 14.7 Å². The van der Waals surface area contributed by atoms with Crippen LogP contribution in [-0.2, 0) is 9.53 Å². The molecule has 20 heavy (non-hydrogen) atoms. The molecule has 1 aromatic carbocycles. The molecule has 108 valence electrons. The van der Waals surface area contributed by atoms with Crippen molar-refractivity contribution in [1.29, 1.82) is 0 Å². The Labute approximate surface area is 121 Å². The largest absolute Gasteiger partial charge is 0.481 e. The minimum Gasteiger partial charge on any atom is -0.481 e. The van der Waals surface area contributed by atoms with Gasteiger partial charge in [-0.05, 0) is 31.2 Å². The van der Waals surface area contributed by atoms with Crippen LogP contribution in [0.1, 0.15) is 6.92 Å². The van der Waals surface area contributed by atoms with Crippen molar-refractivity contribution in [2.45, 2.75) is 13.0 Å². The second-order valence-electron chi connectivity index (χ2n) is 4.90. The molecule has 2 unspecified atom stereocenters. The number of carbonyl (C=O) groups is 2. The van der Waals surface area contributed by atoms with Gasteiger partial charge in [0.2, 0.25) is 0 Å². The predicted octanol–water partition coefficient (Wildman–Crippen LogP) is 1.95. The first-order valence-electron chi connectivity index (χ1n) is 6.06. The van der Waals surface area contributed by atoms with Crippen LogP contribution in [0.25, 0.3) is 0 Å². The van der Waals surface area contributed by atoms with Gasteiger partial charge in [-0.25, -0.2) is 4.79 Å². The molecule has 7 heteroatoms. The molecule has 1 saturated heterocycles. The van der Waals surface area contributed by atoms with Crippen molar-refractivity contribution < 1.29 is 19.4 Å². The van der Waals surface area contributed by atoms with E-state index in [0.717, 1.165) is 0 Å². The topological polar surface area (TPSA) is 87.7 Å². The number of halogens is 1. The summed E-state index contributed by atoms with van der Waals surface area (Å²) in [5.74, 6) is -0.994. The fraction of sp³-hybridized carbons (Fsp3) is 0.385. The van der Waals surface area contributed by atoms with Gasteiger partial charge in [-0.3, -0.25) is 4.79 Å². The first-order chi connectivity index (χ1) is 9.41. The molecule has 1 aromatic rings. The van der Waals surface area contributed by atoms with E-state index in [1.165, 1.54) is 0 Å². The van der Waals surface area contributed by atoms with Crippen molar-refractivity contribution in [2.24, 2.45) is 5.41 Å². The molecule has 2 rings (SSSR count). The summed E-state index contributed by atoms with van der Waals surface area (Å²) in [6.07, 6.45) is 0. The van der Waals surface area contributed by atoms with Crippen LogP contribution in [-0.4, -0.2) is 36.4 Å². The zero-order valence-electron chi connectivity index (χ0n) is 10.9. The Morgan fingerprint density at radius 2 is 2.05 bits per heavy atom. The van der Waals surface area contributed by atoms with E-state index >= 15 is 0 Å². The molecule has 0 aliphatic carbocycles. The number of carboxylic acid groups (broad SMARTS) is 1. The number of rotatable bonds is 3. The number of carbonyl (C=O) groups excluding carboxylic acids is 1. The Bertz CT molecular complexity index is 520. The minimum atomic E-state index is -1.11. The average molecular weight is 299 g/mol. The quantitative estimate of drug-likeness (QED) is 0.796. The molecule has 1 aliphatic heterocycles. The first kappa shape index (κ1) is 14.6. The van der Waals surface area contributed by atoms with E-state index in [4.69, 9.17) is 16.3 Å². The third-order valence-electron chi connectivity index (χ3n) is 3.35. The molecule has 0 spiro atoms. The summed E-state index contributed by atoms with van der Waals surface area (Å²) in [6, 6.07) is 5.56. The summed E-state index contributed by atoms with van der Waals surface area (Å²) in [5.41, 5.74) is -0.542. The van der Waals surface area contributed by atoms with Crippen LogP contribution in [0.3, 0.4) is 0 Å². The van der Waals surface area contributed by atoms with Crippen LogP contribution in [0.4, 0.5) is 10.5 Å². The van der Waals surface area contributed by atoms with Crippen LogP contribution in [0.15, 0.2) is 24.3 Å². The molecule has 6 nitrogen and oxygen atoms in total. The Balaban J connectivity index is 1.98. The normalized spacial score (nSPS) is 25.2. The van der Waals surface area contributed by atoms with E-state index in [0.29, 0.717) is 10.7 Å². The highest BCUT2D eigenvalue weighted by atomic mass is 35.5. The summed E-state index contributed by atoms with van der Waals surface area (Å²) in [5, 5.41) is 15.0. The second kappa shape index (κ2) is 5.68. The lowest BCUT2D eigenvalue weighted by atomic mass is 9.85. The van der Waals surface area contributed by atoms with Crippen LogP contribution >= 0.6 is 11.6 Å². The zero-order valence-corrected chi connectivity index (χ0v) is 11.6. The number of ether oxygens (including phenoxy) is 1. The molecule has 1 aliphatic rings. The van der Waals surface area contributed by atoms with Crippen LogP contribution in [0.5, 0.6) is 0 Å². The van der Waals surface area contributed by atoms with Crippen LogP contribution in [0.2, 0.25) is 5.02 Å². The summed E-state index contributed by atoms with van der Waals surface area (Å²) >= 11 is 5.75. The fourth-order valence-corrected chi connectivity index (χ4v) is 2.07. The van der Waals surface area contributed by atoms with Gasteiger partial charge in [0.05, 0.1) is 19.3 Å². The molecule has 0 bridgehead atoms. The lowest BCUT2D eigenvalue weighted by Crippen LogP contribution is -2.50. The Kier molecular flexibility index (Phi) is 4.15. The molecule has 0 aromatic heterocycles. The van der Waals surface area contributed by atoms with Gasteiger partial charge in [0, 0.05) is 10.7 Å². The van der Waals surface area contributed by atoms with E-state index < -0.39 is 23.5 Å². The molecular formula is C13H15ClN2O4. The average Bonchev–Trinajstić information content (AvgIpc) is 2.75. The number of carboxylic acids is 1. The lowest BCUT2D eigenvalue weighted by Gasteiger charge is -2.25.